The molecular formula is C12H11FN2O2S2. The van der Waals surface area contributed by atoms with Crippen LogP contribution in [0.15, 0.2) is 33.6 Å². The van der Waals surface area contributed by atoms with Crippen LogP contribution in [0.1, 0.15) is 12.5 Å². The Bertz CT molecular complexity index is 693. The van der Waals surface area contributed by atoms with E-state index in [2.05, 4.69) is 4.40 Å². The van der Waals surface area contributed by atoms with E-state index >= 15 is 0 Å². The Labute approximate surface area is 115 Å². The molecule has 100 valence electrons. The minimum absolute atomic E-state index is 0.00896. The number of sulfonamides is 1. The molecule has 0 spiro atoms. The molecule has 4 nitrogen and oxygen atoms in total. The summed E-state index contributed by atoms with van der Waals surface area (Å²) in [5.74, 6) is -0.280. The maximum absolute atomic E-state index is 13.0. The summed E-state index contributed by atoms with van der Waals surface area (Å²) in [6, 6.07) is 6.19. The van der Waals surface area contributed by atoms with Gasteiger partial charge in [-0.25, -0.2) is 12.8 Å². The first-order valence-electron chi connectivity index (χ1n) is 5.71. The lowest BCUT2D eigenvalue weighted by Gasteiger charge is -2.25. The monoisotopic (exact) mass is 298 g/mol. The van der Waals surface area contributed by atoms with Crippen molar-refractivity contribution in [2.24, 2.45) is 4.40 Å². The van der Waals surface area contributed by atoms with Crippen molar-refractivity contribution >= 4 is 32.6 Å². The van der Waals surface area contributed by atoms with Crippen LogP contribution in [0.5, 0.6) is 0 Å². The fourth-order valence-corrected chi connectivity index (χ4v) is 4.36. The van der Waals surface area contributed by atoms with E-state index in [0.29, 0.717) is 11.7 Å². The van der Waals surface area contributed by atoms with Crippen molar-refractivity contribution < 1.29 is 12.8 Å². The molecule has 0 radical (unpaired) electrons. The van der Waals surface area contributed by atoms with Gasteiger partial charge in [-0.1, -0.05) is 11.8 Å². The predicted molar refractivity (Wildman–Crippen MR) is 74.5 cm³/mol. The number of hydrogen-bond donors (Lipinski definition) is 0. The third-order valence-electron chi connectivity index (χ3n) is 2.99. The number of amidine groups is 1. The van der Waals surface area contributed by atoms with Crippen LogP contribution in [-0.4, -0.2) is 30.8 Å². The Morgan fingerprint density at radius 3 is 2.68 bits per heavy atom. The van der Waals surface area contributed by atoms with Gasteiger partial charge in [-0.05, 0) is 36.8 Å². The Balaban J connectivity index is 2.04. The van der Waals surface area contributed by atoms with Gasteiger partial charge < -0.3 is 4.90 Å². The molecule has 0 unspecified atom stereocenters. The quantitative estimate of drug-likeness (QED) is 0.798. The molecule has 1 aromatic rings. The van der Waals surface area contributed by atoms with Gasteiger partial charge in [-0.3, -0.25) is 0 Å². The molecule has 0 saturated heterocycles. The second-order valence-electron chi connectivity index (χ2n) is 4.33. The lowest BCUT2D eigenvalue weighted by molar-refractivity contribution is 0.566. The molecule has 0 bridgehead atoms. The largest absolute Gasteiger partial charge is 0.318 e. The van der Waals surface area contributed by atoms with Crippen LogP contribution in [0.2, 0.25) is 0 Å². The average Bonchev–Trinajstić information content (AvgIpc) is 2.64. The highest BCUT2D eigenvalue weighted by Gasteiger charge is 2.34. The number of allylic oxidation sites excluding steroid dienone is 1. The molecule has 0 amide bonds. The molecule has 0 fully saturated rings. The number of hydrogen-bond acceptors (Lipinski definition) is 4. The Kier molecular flexibility index (Phi) is 2.90. The van der Waals surface area contributed by atoms with Crippen LogP contribution < -0.4 is 0 Å². The standard InChI is InChI=1S/C12H11FN2O2S2/c1-8-11(9-2-4-10(13)5-3-9)15-6-7-19(16,17)14-12(15)18-8/h2-5H,6-7H2,1H3. The van der Waals surface area contributed by atoms with E-state index in [0.717, 1.165) is 16.2 Å². The van der Waals surface area contributed by atoms with Gasteiger partial charge in [-0.15, -0.1) is 4.40 Å². The van der Waals surface area contributed by atoms with E-state index in [1.165, 1.54) is 23.9 Å². The first kappa shape index (κ1) is 12.7. The number of benzene rings is 1. The van der Waals surface area contributed by atoms with E-state index in [1.54, 1.807) is 12.1 Å². The van der Waals surface area contributed by atoms with E-state index < -0.39 is 10.0 Å². The molecule has 19 heavy (non-hydrogen) atoms. The van der Waals surface area contributed by atoms with E-state index in [1.807, 2.05) is 11.8 Å². The molecule has 1 aromatic carbocycles. The molecule has 7 heteroatoms. The van der Waals surface area contributed by atoms with Crippen molar-refractivity contribution in [2.45, 2.75) is 6.92 Å². The van der Waals surface area contributed by atoms with E-state index in [-0.39, 0.29) is 11.6 Å². The zero-order valence-corrected chi connectivity index (χ0v) is 11.8. The van der Waals surface area contributed by atoms with Gasteiger partial charge in [0.1, 0.15) is 5.82 Å². The number of rotatable bonds is 1. The number of fused-ring (bicyclic) bond motifs is 1. The van der Waals surface area contributed by atoms with Gasteiger partial charge >= 0.3 is 0 Å². The Morgan fingerprint density at radius 2 is 2.00 bits per heavy atom. The van der Waals surface area contributed by atoms with Crippen LogP contribution in [-0.2, 0) is 10.0 Å². The molecule has 0 N–H and O–H groups in total. The summed E-state index contributed by atoms with van der Waals surface area (Å²) in [4.78, 5) is 2.86. The molecule has 3 rings (SSSR count). The van der Waals surface area contributed by atoms with Gasteiger partial charge in [0.25, 0.3) is 10.0 Å². The van der Waals surface area contributed by atoms with Crippen molar-refractivity contribution in [1.82, 2.24) is 4.90 Å². The number of halogens is 1. The molecule has 2 aliphatic rings. The molecule has 2 heterocycles. The summed E-state index contributed by atoms with van der Waals surface area (Å²) in [6.07, 6.45) is 0. The van der Waals surface area contributed by atoms with Gasteiger partial charge in [0.05, 0.1) is 11.4 Å². The minimum Gasteiger partial charge on any atom is -0.318 e. The maximum atomic E-state index is 13.0. The van der Waals surface area contributed by atoms with Crippen LogP contribution in [0.3, 0.4) is 0 Å². The van der Waals surface area contributed by atoms with Crippen molar-refractivity contribution in [1.29, 1.82) is 0 Å². The molecular weight excluding hydrogens is 287 g/mol. The van der Waals surface area contributed by atoms with Crippen molar-refractivity contribution in [3.8, 4) is 0 Å². The third-order valence-corrected chi connectivity index (χ3v) is 5.25. The predicted octanol–water partition coefficient (Wildman–Crippen LogP) is 2.26. The molecule has 2 aliphatic heterocycles. The first-order valence-corrected chi connectivity index (χ1v) is 8.14. The lowest BCUT2D eigenvalue weighted by Crippen LogP contribution is -2.34. The highest BCUT2D eigenvalue weighted by Crippen LogP contribution is 2.41. The highest BCUT2D eigenvalue weighted by molar-refractivity contribution is 8.18. The minimum atomic E-state index is -3.33. The summed E-state index contributed by atoms with van der Waals surface area (Å²) in [6.45, 7) is 2.30. The van der Waals surface area contributed by atoms with Gasteiger partial charge in [0.15, 0.2) is 5.17 Å². The summed E-state index contributed by atoms with van der Waals surface area (Å²) < 4.78 is 39.7. The second kappa shape index (κ2) is 4.35. The average molecular weight is 298 g/mol. The summed E-state index contributed by atoms with van der Waals surface area (Å²) in [7, 11) is -3.33. The molecule has 0 atom stereocenters. The van der Waals surface area contributed by atoms with Gasteiger partial charge in [-0.2, -0.15) is 0 Å². The molecule has 0 aliphatic carbocycles. The zero-order valence-electron chi connectivity index (χ0n) is 10.1. The van der Waals surface area contributed by atoms with Crippen molar-refractivity contribution in [3.63, 3.8) is 0 Å². The molecule has 0 saturated carbocycles. The SMILES string of the molecule is CC1=C(c2ccc(F)cc2)N2CCS(=O)(=O)N=C2S1. The fraction of sp³-hybridized carbons (Fsp3) is 0.250. The number of nitrogens with zero attached hydrogens (tertiary/aromatic N) is 2. The smallest absolute Gasteiger partial charge is 0.257 e. The van der Waals surface area contributed by atoms with Crippen LogP contribution in [0, 0.1) is 5.82 Å². The zero-order chi connectivity index (χ0) is 13.6. The van der Waals surface area contributed by atoms with E-state index in [4.69, 9.17) is 0 Å². The summed E-state index contributed by atoms with van der Waals surface area (Å²) >= 11 is 1.34. The maximum Gasteiger partial charge on any atom is 0.257 e. The summed E-state index contributed by atoms with van der Waals surface area (Å²) in [5.41, 5.74) is 1.79. The van der Waals surface area contributed by atoms with Crippen LogP contribution in [0.4, 0.5) is 4.39 Å². The van der Waals surface area contributed by atoms with Crippen molar-refractivity contribution in [3.05, 3.63) is 40.6 Å². The van der Waals surface area contributed by atoms with Crippen LogP contribution >= 0.6 is 11.8 Å². The fourth-order valence-electron chi connectivity index (χ4n) is 2.14. The topological polar surface area (TPSA) is 49.7 Å². The number of thioether (sulfide) groups is 1. The van der Waals surface area contributed by atoms with E-state index in [9.17, 15) is 12.8 Å². The lowest BCUT2D eigenvalue weighted by atomic mass is 10.1. The van der Waals surface area contributed by atoms with Gasteiger partial charge in [0, 0.05) is 11.4 Å². The summed E-state index contributed by atoms with van der Waals surface area (Å²) in [5, 5.41) is 0.489. The van der Waals surface area contributed by atoms with Gasteiger partial charge in [0.2, 0.25) is 0 Å². The Morgan fingerprint density at radius 1 is 1.32 bits per heavy atom. The highest BCUT2D eigenvalue weighted by atomic mass is 32.2. The van der Waals surface area contributed by atoms with Crippen molar-refractivity contribution in [2.75, 3.05) is 12.3 Å². The third kappa shape index (κ3) is 2.28. The second-order valence-corrected chi connectivity index (χ2v) is 7.26. The molecule has 0 aromatic heterocycles. The van der Waals surface area contributed by atoms with Crippen LogP contribution in [0.25, 0.3) is 5.70 Å². The Hall–Kier alpha value is -1.34. The first-order chi connectivity index (χ1) is 8.96. The normalized spacial score (nSPS) is 21.4.